The Bertz CT molecular complexity index is 3680. The average molecular weight is 689 g/mol. The van der Waals surface area contributed by atoms with Gasteiger partial charge in [-0.05, 0) is 76.5 Å². The lowest BCUT2D eigenvalue weighted by Crippen LogP contribution is -1.94. The largest absolute Gasteiger partial charge is 0.454 e. The SMILES string of the molecule is c1ccc2c(c1)oc1c(-n3c4ccccc4c4cc(-c5ccc6c7c5ccc5cccc(c57)n6-c5cccc6c5oc5ccccc56)ccc43)cccc12. The van der Waals surface area contributed by atoms with E-state index in [2.05, 4.69) is 167 Å². The molecule has 0 radical (unpaired) electrons. The van der Waals surface area contributed by atoms with E-state index in [1.807, 2.05) is 12.1 Å². The van der Waals surface area contributed by atoms with Crippen molar-refractivity contribution in [1.82, 2.24) is 9.13 Å². The lowest BCUT2D eigenvalue weighted by atomic mass is 9.94. The monoisotopic (exact) mass is 688 g/mol. The summed E-state index contributed by atoms with van der Waals surface area (Å²) in [5, 5.41) is 12.0. The van der Waals surface area contributed by atoms with E-state index in [-0.39, 0.29) is 0 Å². The number of benzene rings is 9. The Labute approximate surface area is 307 Å². The molecule has 0 unspecified atom stereocenters. The molecule has 0 aliphatic rings. The van der Waals surface area contributed by atoms with Crippen molar-refractivity contribution < 1.29 is 8.83 Å². The summed E-state index contributed by atoms with van der Waals surface area (Å²) in [5.74, 6) is 0. The Morgan fingerprint density at radius 2 is 0.889 bits per heavy atom. The average Bonchev–Trinajstić information content (AvgIpc) is 3.98. The summed E-state index contributed by atoms with van der Waals surface area (Å²) in [6.07, 6.45) is 0. The number of fused-ring (bicyclic) bond motifs is 9. The number of aromatic nitrogens is 2. The van der Waals surface area contributed by atoms with Crippen LogP contribution in [-0.4, -0.2) is 9.13 Å². The summed E-state index contributed by atoms with van der Waals surface area (Å²) in [6.45, 7) is 0. The first-order valence-electron chi connectivity index (χ1n) is 18.4. The third-order valence-electron chi connectivity index (χ3n) is 11.7. The number of hydrogen-bond acceptors (Lipinski definition) is 2. The van der Waals surface area contributed by atoms with Gasteiger partial charge < -0.3 is 18.0 Å². The normalized spacial score (nSPS) is 12.4. The van der Waals surface area contributed by atoms with Gasteiger partial charge in [0.1, 0.15) is 11.2 Å². The molecule has 4 aromatic heterocycles. The van der Waals surface area contributed by atoms with Crippen LogP contribution < -0.4 is 0 Å². The highest BCUT2D eigenvalue weighted by molar-refractivity contribution is 6.27. The molecule has 250 valence electrons. The molecule has 0 N–H and O–H groups in total. The second-order valence-electron chi connectivity index (χ2n) is 14.4. The fraction of sp³-hybridized carbons (Fsp3) is 0. The van der Waals surface area contributed by atoms with E-state index in [0.717, 1.165) is 66.3 Å². The molecule has 9 aromatic carbocycles. The second-order valence-corrected chi connectivity index (χ2v) is 14.4. The van der Waals surface area contributed by atoms with Gasteiger partial charge in [-0.3, -0.25) is 0 Å². The van der Waals surface area contributed by atoms with Crippen LogP contribution in [0.1, 0.15) is 0 Å². The molecule has 0 spiro atoms. The number of nitrogens with zero attached hydrogens (tertiary/aromatic N) is 2. The van der Waals surface area contributed by atoms with Gasteiger partial charge >= 0.3 is 0 Å². The highest BCUT2D eigenvalue weighted by atomic mass is 16.3. The Kier molecular flexibility index (Phi) is 5.34. The number of para-hydroxylation sites is 5. The van der Waals surface area contributed by atoms with Crippen LogP contribution in [0.4, 0.5) is 0 Å². The summed E-state index contributed by atoms with van der Waals surface area (Å²) in [5.41, 5.74) is 12.8. The minimum absolute atomic E-state index is 0.899. The van der Waals surface area contributed by atoms with E-state index in [4.69, 9.17) is 8.83 Å². The van der Waals surface area contributed by atoms with E-state index in [1.54, 1.807) is 0 Å². The van der Waals surface area contributed by atoms with Crippen LogP contribution >= 0.6 is 0 Å². The lowest BCUT2D eigenvalue weighted by Gasteiger charge is -2.11. The topological polar surface area (TPSA) is 36.1 Å². The fourth-order valence-corrected chi connectivity index (χ4v) is 9.42. The maximum atomic E-state index is 6.58. The highest BCUT2D eigenvalue weighted by Gasteiger charge is 2.23. The van der Waals surface area contributed by atoms with Gasteiger partial charge in [0, 0.05) is 43.1 Å². The van der Waals surface area contributed by atoms with E-state index >= 15 is 0 Å². The van der Waals surface area contributed by atoms with Crippen molar-refractivity contribution in [3.8, 4) is 22.5 Å². The van der Waals surface area contributed by atoms with E-state index in [0.29, 0.717) is 0 Å². The van der Waals surface area contributed by atoms with Crippen LogP contribution in [-0.2, 0) is 0 Å². The van der Waals surface area contributed by atoms with Crippen LogP contribution in [0.25, 0.3) is 121 Å². The van der Waals surface area contributed by atoms with E-state index in [9.17, 15) is 0 Å². The second kappa shape index (κ2) is 10.2. The van der Waals surface area contributed by atoms with Gasteiger partial charge in [-0.1, -0.05) is 115 Å². The molecule has 0 aliphatic heterocycles. The van der Waals surface area contributed by atoms with Gasteiger partial charge in [0.05, 0.1) is 33.4 Å². The van der Waals surface area contributed by atoms with Crippen LogP contribution in [0.2, 0.25) is 0 Å². The van der Waals surface area contributed by atoms with Gasteiger partial charge in [-0.2, -0.15) is 0 Å². The molecule has 0 atom stereocenters. The van der Waals surface area contributed by atoms with Gasteiger partial charge in [0.25, 0.3) is 0 Å². The third-order valence-corrected chi connectivity index (χ3v) is 11.7. The fourth-order valence-electron chi connectivity index (χ4n) is 9.42. The number of furan rings is 2. The minimum Gasteiger partial charge on any atom is -0.454 e. The Morgan fingerprint density at radius 1 is 0.333 bits per heavy atom. The van der Waals surface area contributed by atoms with Crippen LogP contribution in [0.5, 0.6) is 0 Å². The van der Waals surface area contributed by atoms with Crippen molar-refractivity contribution in [2.24, 2.45) is 0 Å². The van der Waals surface area contributed by atoms with Crippen molar-refractivity contribution in [2.75, 3.05) is 0 Å². The van der Waals surface area contributed by atoms with Gasteiger partial charge in [-0.15, -0.1) is 0 Å². The summed E-state index contributed by atoms with van der Waals surface area (Å²) >= 11 is 0. The maximum Gasteiger partial charge on any atom is 0.159 e. The zero-order valence-corrected chi connectivity index (χ0v) is 28.9. The maximum absolute atomic E-state index is 6.58. The summed E-state index contributed by atoms with van der Waals surface area (Å²) in [6, 6.07) is 61.1. The first-order valence-corrected chi connectivity index (χ1v) is 18.4. The molecule has 13 aromatic rings. The zero-order valence-electron chi connectivity index (χ0n) is 28.9. The van der Waals surface area contributed by atoms with Crippen molar-refractivity contribution >= 4 is 98.3 Å². The predicted molar refractivity (Wildman–Crippen MR) is 224 cm³/mol. The molecular formula is C50H28N2O2. The highest BCUT2D eigenvalue weighted by Crippen LogP contribution is 2.45. The lowest BCUT2D eigenvalue weighted by molar-refractivity contribution is 0.666. The Morgan fingerprint density at radius 3 is 1.63 bits per heavy atom. The first kappa shape index (κ1) is 28.3. The molecule has 0 aliphatic carbocycles. The van der Waals surface area contributed by atoms with Crippen molar-refractivity contribution in [1.29, 1.82) is 0 Å². The zero-order chi connectivity index (χ0) is 35.1. The molecule has 54 heavy (non-hydrogen) atoms. The molecule has 0 bridgehead atoms. The predicted octanol–water partition coefficient (Wildman–Crippen LogP) is 13.9. The van der Waals surface area contributed by atoms with Crippen molar-refractivity contribution in [3.05, 3.63) is 170 Å². The van der Waals surface area contributed by atoms with E-state index < -0.39 is 0 Å². The van der Waals surface area contributed by atoms with Gasteiger partial charge in [0.15, 0.2) is 11.2 Å². The van der Waals surface area contributed by atoms with Crippen LogP contribution in [0, 0.1) is 0 Å². The van der Waals surface area contributed by atoms with E-state index in [1.165, 1.54) is 54.5 Å². The third kappa shape index (κ3) is 3.57. The summed E-state index contributed by atoms with van der Waals surface area (Å²) in [4.78, 5) is 0. The van der Waals surface area contributed by atoms with Crippen molar-refractivity contribution in [3.63, 3.8) is 0 Å². The standard InChI is InChI=1S/C50H28N2O2/c1-4-16-39-32(11-1)38-28-30(23-26-40(38)51(39)43-18-8-14-36-33-12-2-5-20-45(33)53-49(36)43)31-25-27-42-48-35(31)24-22-29-10-7-17-41(47(29)48)52(42)44-19-9-15-37-34-13-3-6-21-46(34)54-50(37)44/h1-28H. The molecule has 0 saturated heterocycles. The van der Waals surface area contributed by atoms with Crippen LogP contribution in [0.15, 0.2) is 179 Å². The molecular weight excluding hydrogens is 661 g/mol. The summed E-state index contributed by atoms with van der Waals surface area (Å²) < 4.78 is 17.9. The Hall–Kier alpha value is -7.30. The van der Waals surface area contributed by atoms with Crippen LogP contribution in [0.3, 0.4) is 0 Å². The smallest absolute Gasteiger partial charge is 0.159 e. The minimum atomic E-state index is 0.899. The number of hydrogen-bond donors (Lipinski definition) is 0. The molecule has 13 rings (SSSR count). The first-order chi connectivity index (χ1) is 26.8. The summed E-state index contributed by atoms with van der Waals surface area (Å²) in [7, 11) is 0. The number of rotatable bonds is 3. The van der Waals surface area contributed by atoms with Gasteiger partial charge in [-0.25, -0.2) is 0 Å². The molecule has 4 heteroatoms. The molecule has 0 amide bonds. The quantitative estimate of drug-likeness (QED) is 0.173. The van der Waals surface area contributed by atoms with Crippen molar-refractivity contribution in [2.45, 2.75) is 0 Å². The molecule has 0 saturated carbocycles. The molecule has 4 heterocycles. The Balaban J connectivity index is 1.06. The van der Waals surface area contributed by atoms with Gasteiger partial charge in [0.2, 0.25) is 0 Å². The molecule has 0 fully saturated rings. The molecule has 4 nitrogen and oxygen atoms in total.